The van der Waals surface area contributed by atoms with E-state index in [2.05, 4.69) is 5.32 Å². The quantitative estimate of drug-likeness (QED) is 0.512. The van der Waals surface area contributed by atoms with Gasteiger partial charge in [0.05, 0.1) is 6.26 Å². The molecule has 0 saturated heterocycles. The van der Waals surface area contributed by atoms with Crippen LogP contribution in [0.2, 0.25) is 0 Å². The largest absolute Gasteiger partial charge is 0.459 e. The highest BCUT2D eigenvalue weighted by atomic mass is 16.7. The topological polar surface area (TPSA) is 81.0 Å². The number of aryl methyl sites for hydroxylation is 1. The molecule has 2 aliphatic rings. The second-order valence-electron chi connectivity index (χ2n) is 9.25. The predicted molar refractivity (Wildman–Crippen MR) is 130 cm³/mol. The van der Waals surface area contributed by atoms with E-state index < -0.39 is 6.04 Å². The van der Waals surface area contributed by atoms with E-state index in [0.29, 0.717) is 11.5 Å². The maximum absolute atomic E-state index is 13.8. The van der Waals surface area contributed by atoms with Gasteiger partial charge in [-0.15, -0.1) is 0 Å². The number of nitrogens with zero attached hydrogens (tertiary/aromatic N) is 1. The molecule has 1 atom stereocenters. The van der Waals surface area contributed by atoms with E-state index in [9.17, 15) is 9.59 Å². The Kier molecular flexibility index (Phi) is 6.75. The second-order valence-corrected chi connectivity index (χ2v) is 9.25. The summed E-state index contributed by atoms with van der Waals surface area (Å²) >= 11 is 0. The fourth-order valence-electron chi connectivity index (χ4n) is 4.81. The summed E-state index contributed by atoms with van der Waals surface area (Å²) in [6.45, 7) is 2.37. The van der Waals surface area contributed by atoms with Crippen molar-refractivity contribution in [3.63, 3.8) is 0 Å². The molecule has 0 bridgehead atoms. The van der Waals surface area contributed by atoms with Gasteiger partial charge in [-0.25, -0.2) is 0 Å². The smallest absolute Gasteiger partial charge is 0.290 e. The molecular weight excluding hydrogens is 444 g/mol. The number of nitrogens with one attached hydrogen (secondary N) is 1. The Morgan fingerprint density at radius 1 is 1.00 bits per heavy atom. The first-order chi connectivity index (χ1) is 17.1. The molecule has 2 aromatic carbocycles. The van der Waals surface area contributed by atoms with Crippen molar-refractivity contribution < 1.29 is 23.5 Å². The zero-order valence-corrected chi connectivity index (χ0v) is 19.9. The number of rotatable bonds is 7. The lowest BCUT2D eigenvalue weighted by Gasteiger charge is -2.33. The first kappa shape index (κ1) is 23.0. The number of hydrogen-bond donors (Lipinski definition) is 1. The molecule has 7 nitrogen and oxygen atoms in total. The molecule has 2 heterocycles. The van der Waals surface area contributed by atoms with Crippen molar-refractivity contribution in [2.45, 2.75) is 57.7 Å². The molecule has 1 aromatic heterocycles. The summed E-state index contributed by atoms with van der Waals surface area (Å²) in [5, 5.41) is 3.23. The van der Waals surface area contributed by atoms with Crippen LogP contribution in [0.25, 0.3) is 0 Å². The molecule has 1 aliphatic heterocycles. The number of ether oxygens (including phenoxy) is 2. The summed E-state index contributed by atoms with van der Waals surface area (Å²) in [6.07, 6.45) is 6.79. The number of carbonyl (C=O) groups excluding carboxylic acids is 2. The molecule has 1 unspecified atom stereocenters. The van der Waals surface area contributed by atoms with Crippen molar-refractivity contribution in [2.24, 2.45) is 0 Å². The molecule has 1 aliphatic carbocycles. The Hall–Kier alpha value is -3.74. The van der Waals surface area contributed by atoms with Gasteiger partial charge in [-0.3, -0.25) is 9.59 Å². The van der Waals surface area contributed by atoms with E-state index >= 15 is 0 Å². The van der Waals surface area contributed by atoms with E-state index in [-0.39, 0.29) is 37.0 Å². The Morgan fingerprint density at radius 2 is 1.77 bits per heavy atom. The summed E-state index contributed by atoms with van der Waals surface area (Å²) in [7, 11) is 0. The molecule has 1 N–H and O–H groups in total. The molecule has 1 saturated carbocycles. The maximum Gasteiger partial charge on any atom is 0.290 e. The minimum absolute atomic E-state index is 0.121. The Balaban J connectivity index is 1.51. The van der Waals surface area contributed by atoms with Crippen LogP contribution in [0.1, 0.15) is 65.4 Å². The van der Waals surface area contributed by atoms with Crippen LogP contribution < -0.4 is 14.8 Å². The van der Waals surface area contributed by atoms with E-state index in [0.717, 1.165) is 42.4 Å². The van der Waals surface area contributed by atoms with E-state index in [1.807, 2.05) is 49.4 Å². The van der Waals surface area contributed by atoms with Crippen LogP contribution in [0.15, 0.2) is 65.3 Å². The standard InChI is InChI=1S/C28H30N2O5/c1-19-9-12-21(13-10-19)26(27(31)29-22-6-3-2-4-7-22)30(28(32)24-8-5-15-33-24)17-20-11-14-23-25(16-20)35-18-34-23/h5,8-16,22,26H,2-4,6-7,17-18H2,1H3,(H,29,31). The van der Waals surface area contributed by atoms with Gasteiger partial charge in [0.1, 0.15) is 6.04 Å². The Morgan fingerprint density at radius 3 is 2.51 bits per heavy atom. The number of carbonyl (C=O) groups is 2. The molecule has 182 valence electrons. The summed E-state index contributed by atoms with van der Waals surface area (Å²) in [4.78, 5) is 29.1. The van der Waals surface area contributed by atoms with Gasteiger partial charge in [-0.1, -0.05) is 55.2 Å². The molecule has 2 amide bonds. The van der Waals surface area contributed by atoms with E-state index in [1.54, 1.807) is 17.0 Å². The molecule has 5 rings (SSSR count). The summed E-state index contributed by atoms with van der Waals surface area (Å²) in [6, 6.07) is 15.9. The Labute approximate surface area is 205 Å². The van der Waals surface area contributed by atoms with Gasteiger partial charge < -0.3 is 24.1 Å². The molecule has 1 fully saturated rings. The van der Waals surface area contributed by atoms with Crippen molar-refractivity contribution in [2.75, 3.05) is 6.79 Å². The van der Waals surface area contributed by atoms with Gasteiger partial charge in [0, 0.05) is 12.6 Å². The molecule has 35 heavy (non-hydrogen) atoms. The summed E-state index contributed by atoms with van der Waals surface area (Å²) < 4.78 is 16.4. The van der Waals surface area contributed by atoms with Crippen LogP contribution in [-0.4, -0.2) is 29.5 Å². The van der Waals surface area contributed by atoms with Gasteiger partial charge in [-0.05, 0) is 55.2 Å². The van der Waals surface area contributed by atoms with E-state index in [4.69, 9.17) is 13.9 Å². The lowest BCUT2D eigenvalue weighted by molar-refractivity contribution is -0.127. The molecular formula is C28H30N2O5. The monoisotopic (exact) mass is 474 g/mol. The maximum atomic E-state index is 13.8. The zero-order chi connectivity index (χ0) is 24.2. The Bertz CT molecular complexity index is 1170. The van der Waals surface area contributed by atoms with Gasteiger partial charge in [0.15, 0.2) is 17.3 Å². The van der Waals surface area contributed by atoms with Crippen molar-refractivity contribution in [1.82, 2.24) is 10.2 Å². The minimum atomic E-state index is -0.819. The third kappa shape index (κ3) is 5.19. The van der Waals surface area contributed by atoms with Crippen molar-refractivity contribution in [1.29, 1.82) is 0 Å². The van der Waals surface area contributed by atoms with Gasteiger partial charge in [-0.2, -0.15) is 0 Å². The highest BCUT2D eigenvalue weighted by Gasteiger charge is 2.34. The summed E-state index contributed by atoms with van der Waals surface area (Å²) in [5.41, 5.74) is 2.67. The second kappa shape index (κ2) is 10.3. The van der Waals surface area contributed by atoms with Gasteiger partial charge in [0.25, 0.3) is 5.91 Å². The van der Waals surface area contributed by atoms with Crippen LogP contribution in [0, 0.1) is 6.92 Å². The SMILES string of the molecule is Cc1ccc(C(C(=O)NC2CCCCC2)N(Cc2ccc3c(c2)OCO3)C(=O)c2ccco2)cc1. The van der Waals surface area contributed by atoms with E-state index in [1.165, 1.54) is 12.7 Å². The average Bonchev–Trinajstić information content (AvgIpc) is 3.57. The molecule has 7 heteroatoms. The van der Waals surface area contributed by atoms with Crippen LogP contribution >= 0.6 is 0 Å². The number of benzene rings is 2. The lowest BCUT2D eigenvalue weighted by Crippen LogP contribution is -2.46. The predicted octanol–water partition coefficient (Wildman–Crippen LogP) is 5.15. The van der Waals surface area contributed by atoms with Crippen LogP contribution in [-0.2, 0) is 11.3 Å². The highest BCUT2D eigenvalue weighted by Crippen LogP contribution is 2.34. The molecule has 0 radical (unpaired) electrons. The fraction of sp³-hybridized carbons (Fsp3) is 0.357. The fourth-order valence-corrected chi connectivity index (χ4v) is 4.81. The highest BCUT2D eigenvalue weighted by molar-refractivity contribution is 5.96. The lowest BCUT2D eigenvalue weighted by atomic mass is 9.94. The van der Waals surface area contributed by atoms with Gasteiger partial charge >= 0.3 is 0 Å². The van der Waals surface area contributed by atoms with Gasteiger partial charge in [0.2, 0.25) is 12.7 Å². The normalized spacial score (nSPS) is 16.0. The number of amides is 2. The van der Waals surface area contributed by atoms with Crippen molar-refractivity contribution in [3.8, 4) is 11.5 Å². The average molecular weight is 475 g/mol. The third-order valence-electron chi connectivity index (χ3n) is 6.69. The minimum Gasteiger partial charge on any atom is -0.459 e. The number of furan rings is 1. The first-order valence-electron chi connectivity index (χ1n) is 12.2. The molecule has 3 aromatic rings. The summed E-state index contributed by atoms with van der Waals surface area (Å²) in [5.74, 6) is 0.959. The van der Waals surface area contributed by atoms with Crippen LogP contribution in [0.3, 0.4) is 0 Å². The third-order valence-corrected chi connectivity index (χ3v) is 6.69. The van der Waals surface area contributed by atoms with Crippen molar-refractivity contribution >= 4 is 11.8 Å². The number of fused-ring (bicyclic) bond motifs is 1. The van der Waals surface area contributed by atoms with Crippen molar-refractivity contribution in [3.05, 3.63) is 83.3 Å². The zero-order valence-electron chi connectivity index (χ0n) is 19.9. The number of hydrogen-bond acceptors (Lipinski definition) is 5. The van der Waals surface area contributed by atoms with Crippen LogP contribution in [0.5, 0.6) is 11.5 Å². The molecule has 0 spiro atoms. The first-order valence-corrected chi connectivity index (χ1v) is 12.2. The van der Waals surface area contributed by atoms with Crippen LogP contribution in [0.4, 0.5) is 0 Å².